The quantitative estimate of drug-likeness (QED) is 0.184. The lowest BCUT2D eigenvalue weighted by atomic mass is 9.95. The first-order valence-corrected chi connectivity index (χ1v) is 12.0. The van der Waals surface area contributed by atoms with Gasteiger partial charge in [0, 0.05) is 21.6 Å². The van der Waals surface area contributed by atoms with Gasteiger partial charge in [0.25, 0.3) is 5.78 Å². The van der Waals surface area contributed by atoms with Gasteiger partial charge in [-0.2, -0.15) is 0 Å². The summed E-state index contributed by atoms with van der Waals surface area (Å²) in [6, 6.07) is 22.5. The SMILES string of the molecule is O=C1C(=O)N(c2nccs2)[C@H](c2cccc(Oc3ccccc3)c2)/C1=C(\O)c1ccc(Br)cc1. The summed E-state index contributed by atoms with van der Waals surface area (Å²) in [5.74, 6) is -0.562. The lowest BCUT2D eigenvalue weighted by molar-refractivity contribution is -0.132. The number of hydrogen-bond donors (Lipinski definition) is 1. The molecule has 3 aromatic carbocycles. The molecule has 0 radical (unpaired) electrons. The molecule has 0 saturated carbocycles. The minimum absolute atomic E-state index is 0.000571. The minimum Gasteiger partial charge on any atom is -0.507 e. The average molecular weight is 533 g/mol. The van der Waals surface area contributed by atoms with Crippen molar-refractivity contribution in [1.29, 1.82) is 0 Å². The van der Waals surface area contributed by atoms with Crippen LogP contribution in [0.2, 0.25) is 0 Å². The first kappa shape index (κ1) is 22.1. The zero-order valence-electron chi connectivity index (χ0n) is 17.6. The first-order valence-electron chi connectivity index (χ1n) is 10.3. The van der Waals surface area contributed by atoms with Crippen LogP contribution in [-0.2, 0) is 9.59 Å². The van der Waals surface area contributed by atoms with Crippen LogP contribution in [0.25, 0.3) is 5.76 Å². The number of halogens is 1. The predicted octanol–water partition coefficient (Wildman–Crippen LogP) is 6.32. The maximum Gasteiger partial charge on any atom is 0.301 e. The van der Waals surface area contributed by atoms with Gasteiger partial charge < -0.3 is 9.84 Å². The number of Topliss-reactive ketones (excluding diaryl/α,β-unsaturated/α-hetero) is 1. The van der Waals surface area contributed by atoms with E-state index < -0.39 is 17.7 Å². The molecule has 1 amide bonds. The molecule has 0 unspecified atom stereocenters. The lowest BCUT2D eigenvalue weighted by Gasteiger charge is -2.23. The third kappa shape index (κ3) is 4.13. The summed E-state index contributed by atoms with van der Waals surface area (Å²) < 4.78 is 6.79. The Morgan fingerprint density at radius 1 is 0.971 bits per heavy atom. The van der Waals surface area contributed by atoms with Crippen molar-refractivity contribution in [3.05, 3.63) is 112 Å². The highest BCUT2D eigenvalue weighted by Crippen LogP contribution is 2.43. The Bertz CT molecular complexity index is 1390. The summed E-state index contributed by atoms with van der Waals surface area (Å²) in [7, 11) is 0. The molecule has 1 atom stereocenters. The van der Waals surface area contributed by atoms with Crippen molar-refractivity contribution < 1.29 is 19.4 Å². The molecule has 1 N–H and O–H groups in total. The largest absolute Gasteiger partial charge is 0.507 e. The van der Waals surface area contributed by atoms with Crippen LogP contribution in [0.15, 0.2) is 100 Å². The molecule has 8 heteroatoms. The van der Waals surface area contributed by atoms with E-state index in [0.717, 1.165) is 4.47 Å². The molecule has 6 nitrogen and oxygen atoms in total. The molecule has 4 aromatic rings. The van der Waals surface area contributed by atoms with Crippen LogP contribution in [0.3, 0.4) is 0 Å². The topological polar surface area (TPSA) is 79.7 Å². The maximum absolute atomic E-state index is 13.2. The third-order valence-corrected chi connectivity index (χ3v) is 6.64. The number of ketones is 1. The molecule has 1 aliphatic rings. The van der Waals surface area contributed by atoms with Gasteiger partial charge in [-0.3, -0.25) is 14.5 Å². The summed E-state index contributed by atoms with van der Waals surface area (Å²) >= 11 is 4.61. The average Bonchev–Trinajstić information content (AvgIpc) is 3.47. The summed E-state index contributed by atoms with van der Waals surface area (Å²) in [5.41, 5.74) is 1.04. The van der Waals surface area contributed by atoms with Gasteiger partial charge in [-0.25, -0.2) is 4.98 Å². The van der Waals surface area contributed by atoms with Gasteiger partial charge >= 0.3 is 5.91 Å². The van der Waals surface area contributed by atoms with Crippen LogP contribution >= 0.6 is 27.3 Å². The number of carbonyl (C=O) groups excluding carboxylic acids is 2. The number of anilines is 1. The molecule has 1 aromatic heterocycles. The number of para-hydroxylation sites is 1. The van der Waals surface area contributed by atoms with E-state index in [4.69, 9.17) is 4.74 Å². The second-order valence-corrected chi connectivity index (χ2v) is 9.27. The molecular weight excluding hydrogens is 516 g/mol. The molecule has 2 heterocycles. The van der Waals surface area contributed by atoms with E-state index in [0.29, 0.717) is 27.8 Å². The molecule has 5 rings (SSSR count). The number of aliphatic hydroxyl groups is 1. The second-order valence-electron chi connectivity index (χ2n) is 7.48. The summed E-state index contributed by atoms with van der Waals surface area (Å²) in [6.45, 7) is 0. The predicted molar refractivity (Wildman–Crippen MR) is 134 cm³/mol. The molecule has 1 aliphatic heterocycles. The van der Waals surface area contributed by atoms with E-state index >= 15 is 0 Å². The highest BCUT2D eigenvalue weighted by atomic mass is 79.9. The maximum atomic E-state index is 13.2. The van der Waals surface area contributed by atoms with Crippen molar-refractivity contribution in [2.24, 2.45) is 0 Å². The Morgan fingerprint density at radius 3 is 2.41 bits per heavy atom. The molecule has 0 aliphatic carbocycles. The van der Waals surface area contributed by atoms with Crippen molar-refractivity contribution >= 4 is 49.8 Å². The molecule has 1 saturated heterocycles. The Kier molecular flexibility index (Phi) is 6.00. The van der Waals surface area contributed by atoms with Crippen LogP contribution in [-0.4, -0.2) is 21.8 Å². The highest BCUT2D eigenvalue weighted by Gasteiger charge is 2.48. The van der Waals surface area contributed by atoms with Crippen molar-refractivity contribution in [2.75, 3.05) is 4.90 Å². The van der Waals surface area contributed by atoms with Crippen molar-refractivity contribution in [3.63, 3.8) is 0 Å². The number of aliphatic hydroxyl groups excluding tert-OH is 1. The van der Waals surface area contributed by atoms with Gasteiger partial charge in [0.05, 0.1) is 11.6 Å². The zero-order valence-corrected chi connectivity index (χ0v) is 20.0. The number of amides is 1. The van der Waals surface area contributed by atoms with E-state index in [1.807, 2.05) is 30.3 Å². The summed E-state index contributed by atoms with van der Waals surface area (Å²) in [6.07, 6.45) is 1.57. The number of rotatable bonds is 5. The monoisotopic (exact) mass is 532 g/mol. The highest BCUT2D eigenvalue weighted by molar-refractivity contribution is 9.10. The summed E-state index contributed by atoms with van der Waals surface area (Å²) in [4.78, 5) is 31.9. The van der Waals surface area contributed by atoms with Crippen LogP contribution in [0, 0.1) is 0 Å². The van der Waals surface area contributed by atoms with Gasteiger partial charge in [-0.05, 0) is 42.0 Å². The minimum atomic E-state index is -0.867. The lowest BCUT2D eigenvalue weighted by Crippen LogP contribution is -2.29. The molecule has 34 heavy (non-hydrogen) atoms. The molecule has 0 bridgehead atoms. The van der Waals surface area contributed by atoms with Gasteiger partial charge in [-0.1, -0.05) is 58.4 Å². The Balaban J connectivity index is 1.64. The second kappa shape index (κ2) is 9.24. The Morgan fingerprint density at radius 2 is 1.71 bits per heavy atom. The van der Waals surface area contributed by atoms with Crippen LogP contribution in [0.5, 0.6) is 11.5 Å². The molecule has 168 valence electrons. The van der Waals surface area contributed by atoms with E-state index in [2.05, 4.69) is 20.9 Å². The van der Waals surface area contributed by atoms with Gasteiger partial charge in [-0.15, -0.1) is 11.3 Å². The van der Waals surface area contributed by atoms with E-state index in [1.165, 1.54) is 16.2 Å². The fraction of sp³-hybridized carbons (Fsp3) is 0.0385. The summed E-state index contributed by atoms with van der Waals surface area (Å²) in [5, 5.41) is 13.3. The van der Waals surface area contributed by atoms with E-state index in [9.17, 15) is 14.7 Å². The number of aromatic nitrogens is 1. The number of carbonyl (C=O) groups is 2. The number of nitrogens with zero attached hydrogens (tertiary/aromatic N) is 2. The smallest absolute Gasteiger partial charge is 0.301 e. The molecule has 0 spiro atoms. The van der Waals surface area contributed by atoms with Crippen molar-refractivity contribution in [2.45, 2.75) is 6.04 Å². The van der Waals surface area contributed by atoms with Crippen LogP contribution < -0.4 is 9.64 Å². The Hall–Kier alpha value is -3.75. The normalized spacial score (nSPS) is 17.2. The number of hydrogen-bond acceptors (Lipinski definition) is 6. The van der Waals surface area contributed by atoms with Crippen LogP contribution in [0.4, 0.5) is 5.13 Å². The van der Waals surface area contributed by atoms with Crippen molar-refractivity contribution in [3.8, 4) is 11.5 Å². The first-order chi connectivity index (χ1) is 16.5. The molecule has 1 fully saturated rings. The van der Waals surface area contributed by atoms with Crippen LogP contribution in [0.1, 0.15) is 17.2 Å². The van der Waals surface area contributed by atoms with Crippen molar-refractivity contribution in [1.82, 2.24) is 4.98 Å². The number of benzene rings is 3. The van der Waals surface area contributed by atoms with E-state index in [-0.39, 0.29) is 11.3 Å². The number of thiazole rings is 1. The Labute approximate surface area is 207 Å². The van der Waals surface area contributed by atoms with Gasteiger partial charge in [0.2, 0.25) is 0 Å². The van der Waals surface area contributed by atoms with Gasteiger partial charge in [0.15, 0.2) is 5.13 Å². The fourth-order valence-electron chi connectivity index (χ4n) is 3.82. The van der Waals surface area contributed by atoms with Gasteiger partial charge in [0.1, 0.15) is 17.3 Å². The number of ether oxygens (including phenoxy) is 1. The zero-order chi connectivity index (χ0) is 23.7. The third-order valence-electron chi connectivity index (χ3n) is 5.34. The van der Waals surface area contributed by atoms with E-state index in [1.54, 1.807) is 60.1 Å². The fourth-order valence-corrected chi connectivity index (χ4v) is 4.75. The molecular formula is C26H17BrN2O4S. The standard InChI is InChI=1S/C26H17BrN2O4S/c27-18-11-9-16(10-12-18)23(30)21-22(29(25(32)24(21)31)26-28-13-14-34-26)17-5-4-8-20(15-17)33-19-6-2-1-3-7-19/h1-15,22,30H/b23-21+/t22-/m1/s1.